The Morgan fingerprint density at radius 1 is 1.26 bits per heavy atom. The molecule has 2 amide bonds. The van der Waals surface area contributed by atoms with Gasteiger partial charge in [0, 0.05) is 44.0 Å². The average molecular weight is 356 g/mol. The van der Waals surface area contributed by atoms with Gasteiger partial charge in [-0.25, -0.2) is 0 Å². The van der Waals surface area contributed by atoms with Crippen molar-refractivity contribution in [2.75, 3.05) is 45.5 Å². The van der Waals surface area contributed by atoms with Crippen molar-refractivity contribution in [1.82, 2.24) is 15.1 Å². The Balaban J connectivity index is 1.68. The zero-order chi connectivity index (χ0) is 16.7. The molecule has 126 valence electrons. The predicted octanol–water partition coefficient (Wildman–Crippen LogP) is 1.46. The summed E-state index contributed by atoms with van der Waals surface area (Å²) in [6.45, 7) is 3.28. The number of piperazine rings is 1. The van der Waals surface area contributed by atoms with Gasteiger partial charge in [-0.05, 0) is 17.7 Å². The van der Waals surface area contributed by atoms with Gasteiger partial charge in [-0.2, -0.15) is 0 Å². The molecule has 1 N–H and O–H groups in total. The third-order valence-electron chi connectivity index (χ3n) is 3.75. The Kier molecular flexibility index (Phi) is 7.20. The summed E-state index contributed by atoms with van der Waals surface area (Å²) in [5, 5.41) is 3.34. The van der Waals surface area contributed by atoms with E-state index in [4.69, 9.17) is 11.6 Å². The quantitative estimate of drug-likeness (QED) is 0.839. The largest absolute Gasteiger partial charge is 0.358 e. The number of thioether (sulfide) groups is 1. The van der Waals surface area contributed by atoms with Crippen LogP contribution in [-0.4, -0.2) is 67.1 Å². The van der Waals surface area contributed by atoms with Crippen LogP contribution in [0.5, 0.6) is 0 Å². The maximum atomic E-state index is 12.2. The van der Waals surface area contributed by atoms with Gasteiger partial charge in [0.15, 0.2) is 0 Å². The highest BCUT2D eigenvalue weighted by molar-refractivity contribution is 7.99. The van der Waals surface area contributed by atoms with Gasteiger partial charge in [0.05, 0.1) is 12.3 Å². The molecule has 23 heavy (non-hydrogen) atoms. The number of halogens is 1. The van der Waals surface area contributed by atoms with Crippen LogP contribution in [0.4, 0.5) is 0 Å². The molecule has 0 saturated carbocycles. The van der Waals surface area contributed by atoms with E-state index in [1.165, 1.54) is 0 Å². The van der Waals surface area contributed by atoms with E-state index < -0.39 is 0 Å². The lowest BCUT2D eigenvalue weighted by Crippen LogP contribution is -2.51. The van der Waals surface area contributed by atoms with Crippen LogP contribution in [0.1, 0.15) is 5.56 Å². The Morgan fingerprint density at radius 3 is 2.65 bits per heavy atom. The molecule has 2 rings (SSSR count). The first kappa shape index (κ1) is 18.1. The van der Waals surface area contributed by atoms with Crippen LogP contribution in [0.15, 0.2) is 24.3 Å². The summed E-state index contributed by atoms with van der Waals surface area (Å²) < 4.78 is 0. The van der Waals surface area contributed by atoms with Crippen LogP contribution >= 0.6 is 23.4 Å². The predicted molar refractivity (Wildman–Crippen MR) is 94.7 cm³/mol. The van der Waals surface area contributed by atoms with Gasteiger partial charge in [0.2, 0.25) is 11.8 Å². The van der Waals surface area contributed by atoms with Crippen molar-refractivity contribution in [3.8, 4) is 0 Å². The number of likely N-dealkylation sites (N-methyl/N-ethyl adjacent to an activating group) is 1. The number of carbonyl (C=O) groups is 2. The maximum Gasteiger partial charge on any atom is 0.233 e. The van der Waals surface area contributed by atoms with Crippen LogP contribution in [-0.2, 0) is 15.3 Å². The van der Waals surface area contributed by atoms with E-state index in [0.29, 0.717) is 25.4 Å². The van der Waals surface area contributed by atoms with Gasteiger partial charge in [0.25, 0.3) is 0 Å². The van der Waals surface area contributed by atoms with E-state index in [1.807, 2.05) is 29.2 Å². The normalized spacial score (nSPS) is 15.5. The van der Waals surface area contributed by atoms with Crippen LogP contribution in [0.2, 0.25) is 5.02 Å². The highest BCUT2D eigenvalue weighted by Crippen LogP contribution is 2.17. The van der Waals surface area contributed by atoms with Gasteiger partial charge in [-0.1, -0.05) is 23.7 Å². The zero-order valence-electron chi connectivity index (χ0n) is 13.3. The fourth-order valence-corrected chi connectivity index (χ4v) is 3.50. The number of benzene rings is 1. The minimum absolute atomic E-state index is 0.0156. The van der Waals surface area contributed by atoms with E-state index in [2.05, 4.69) is 10.2 Å². The van der Waals surface area contributed by atoms with Gasteiger partial charge >= 0.3 is 0 Å². The lowest BCUT2D eigenvalue weighted by atomic mass is 10.2. The molecule has 5 nitrogen and oxygen atoms in total. The molecule has 1 aromatic carbocycles. The van der Waals surface area contributed by atoms with Crippen LogP contribution in [0.25, 0.3) is 0 Å². The number of nitrogens with one attached hydrogen (secondary N) is 1. The molecular formula is C16H22ClN3O2S. The van der Waals surface area contributed by atoms with Crippen molar-refractivity contribution in [1.29, 1.82) is 0 Å². The lowest BCUT2D eigenvalue weighted by molar-refractivity contribution is -0.130. The number of rotatable bonds is 6. The van der Waals surface area contributed by atoms with Gasteiger partial charge in [-0.15, -0.1) is 11.8 Å². The molecule has 0 radical (unpaired) electrons. The smallest absolute Gasteiger partial charge is 0.233 e. The second-order valence-corrected chi connectivity index (χ2v) is 6.87. The van der Waals surface area contributed by atoms with Crippen LogP contribution in [0.3, 0.4) is 0 Å². The summed E-state index contributed by atoms with van der Waals surface area (Å²) in [6, 6.07) is 7.71. The Labute approximate surface area is 146 Å². The first-order valence-electron chi connectivity index (χ1n) is 7.61. The first-order valence-corrected chi connectivity index (χ1v) is 9.14. The minimum Gasteiger partial charge on any atom is -0.358 e. The summed E-state index contributed by atoms with van der Waals surface area (Å²) in [7, 11) is 1.64. The summed E-state index contributed by atoms with van der Waals surface area (Å²) >= 11 is 7.55. The standard InChI is InChI=1S/C16H22ClN3O2S/c1-18-15(21)10-19-5-7-20(8-6-19)16(22)12-23-11-13-3-2-4-14(17)9-13/h2-4,9H,5-8,10-12H2,1H3,(H,18,21). The van der Waals surface area contributed by atoms with Crippen molar-refractivity contribution >= 4 is 35.2 Å². The third kappa shape index (κ3) is 6.05. The molecule has 1 fully saturated rings. The topological polar surface area (TPSA) is 52.7 Å². The molecule has 0 aliphatic carbocycles. The minimum atomic E-state index is 0.0156. The molecular weight excluding hydrogens is 334 g/mol. The number of hydrogen-bond donors (Lipinski definition) is 1. The molecule has 0 aromatic heterocycles. The number of nitrogens with zero attached hydrogens (tertiary/aromatic N) is 2. The van der Waals surface area contributed by atoms with E-state index in [9.17, 15) is 9.59 Å². The van der Waals surface area contributed by atoms with Crippen molar-refractivity contribution in [3.63, 3.8) is 0 Å². The Morgan fingerprint density at radius 2 is 2.00 bits per heavy atom. The second kappa shape index (κ2) is 9.15. The van der Waals surface area contributed by atoms with E-state index >= 15 is 0 Å². The van der Waals surface area contributed by atoms with Gasteiger partial charge in [0.1, 0.15) is 0 Å². The van der Waals surface area contributed by atoms with Crippen LogP contribution < -0.4 is 5.32 Å². The summed E-state index contributed by atoms with van der Waals surface area (Å²) in [4.78, 5) is 27.5. The lowest BCUT2D eigenvalue weighted by Gasteiger charge is -2.34. The third-order valence-corrected chi connectivity index (χ3v) is 4.98. The van der Waals surface area contributed by atoms with Gasteiger partial charge in [-0.3, -0.25) is 14.5 Å². The van der Waals surface area contributed by atoms with E-state index in [-0.39, 0.29) is 11.8 Å². The van der Waals surface area contributed by atoms with Crippen LogP contribution in [0, 0.1) is 0 Å². The van der Waals surface area contributed by atoms with Crippen molar-refractivity contribution in [2.24, 2.45) is 0 Å². The van der Waals surface area contributed by atoms with Crippen molar-refractivity contribution in [3.05, 3.63) is 34.9 Å². The first-order chi connectivity index (χ1) is 11.1. The number of carbonyl (C=O) groups excluding carboxylic acids is 2. The van der Waals surface area contributed by atoms with Gasteiger partial charge < -0.3 is 10.2 Å². The highest BCUT2D eigenvalue weighted by atomic mass is 35.5. The molecule has 0 unspecified atom stereocenters. The molecule has 1 saturated heterocycles. The SMILES string of the molecule is CNC(=O)CN1CCN(C(=O)CSCc2cccc(Cl)c2)CC1. The number of hydrogen-bond acceptors (Lipinski definition) is 4. The molecule has 0 atom stereocenters. The molecule has 7 heteroatoms. The Bertz CT molecular complexity index is 548. The molecule has 0 spiro atoms. The molecule has 1 aromatic rings. The summed E-state index contributed by atoms with van der Waals surface area (Å²) in [5.74, 6) is 1.43. The highest BCUT2D eigenvalue weighted by Gasteiger charge is 2.21. The number of amides is 2. The Hall–Kier alpha value is -1.24. The average Bonchev–Trinajstić information content (AvgIpc) is 2.55. The summed E-state index contributed by atoms with van der Waals surface area (Å²) in [6.07, 6.45) is 0. The fraction of sp³-hybridized carbons (Fsp3) is 0.500. The maximum absolute atomic E-state index is 12.2. The monoisotopic (exact) mass is 355 g/mol. The fourth-order valence-electron chi connectivity index (χ4n) is 2.41. The molecule has 1 aliphatic heterocycles. The zero-order valence-corrected chi connectivity index (χ0v) is 14.8. The van der Waals surface area contributed by atoms with E-state index in [0.717, 1.165) is 29.4 Å². The molecule has 0 bridgehead atoms. The van der Waals surface area contributed by atoms with E-state index in [1.54, 1.807) is 18.8 Å². The summed E-state index contributed by atoms with van der Waals surface area (Å²) in [5.41, 5.74) is 1.13. The second-order valence-electron chi connectivity index (χ2n) is 5.45. The molecule has 1 heterocycles. The van der Waals surface area contributed by atoms with Crippen molar-refractivity contribution < 1.29 is 9.59 Å². The van der Waals surface area contributed by atoms with Crippen molar-refractivity contribution in [2.45, 2.75) is 5.75 Å². The molecule has 1 aliphatic rings.